The fourth-order valence-corrected chi connectivity index (χ4v) is 4.15. The molecule has 0 fully saturated rings. The van der Waals surface area contributed by atoms with E-state index >= 15 is 0 Å². The largest absolute Gasteiger partial charge is 0.311 e. The van der Waals surface area contributed by atoms with Gasteiger partial charge in [0.1, 0.15) is 15.7 Å². The minimum absolute atomic E-state index is 0.192. The second-order valence-electron chi connectivity index (χ2n) is 5.20. The number of thiazole rings is 2. The summed E-state index contributed by atoms with van der Waals surface area (Å²) in [6, 6.07) is 4.41. The van der Waals surface area contributed by atoms with Crippen molar-refractivity contribution in [1.82, 2.24) is 9.97 Å². The zero-order valence-corrected chi connectivity index (χ0v) is 15.3. The van der Waals surface area contributed by atoms with Crippen LogP contribution in [0.15, 0.2) is 23.7 Å². The highest BCUT2D eigenvalue weighted by Crippen LogP contribution is 2.28. The number of carbonyl (C=O) groups is 1. The average molecular weight is 382 g/mol. The third kappa shape index (κ3) is 3.80. The molecule has 0 saturated heterocycles. The number of hydrogen-bond acceptors (Lipinski definition) is 5. The highest BCUT2D eigenvalue weighted by molar-refractivity contribution is 7.16. The minimum atomic E-state index is -0.375. The normalized spacial score (nSPS) is 10.8. The van der Waals surface area contributed by atoms with Crippen molar-refractivity contribution in [2.24, 2.45) is 0 Å². The topological polar surface area (TPSA) is 54.9 Å². The number of amides is 1. The number of anilines is 1. The van der Waals surface area contributed by atoms with Crippen molar-refractivity contribution in [2.75, 3.05) is 5.32 Å². The maximum absolute atomic E-state index is 13.4. The molecule has 0 aliphatic heterocycles. The molecule has 24 heavy (non-hydrogen) atoms. The van der Waals surface area contributed by atoms with Crippen molar-refractivity contribution >= 4 is 45.2 Å². The molecule has 1 amide bonds. The van der Waals surface area contributed by atoms with Crippen molar-refractivity contribution in [3.05, 3.63) is 61.4 Å². The van der Waals surface area contributed by atoms with Crippen LogP contribution in [-0.4, -0.2) is 15.9 Å². The molecule has 2 heterocycles. The summed E-state index contributed by atoms with van der Waals surface area (Å²) in [6.45, 7) is 3.62. The smallest absolute Gasteiger partial charge is 0.268 e. The number of rotatable bonds is 4. The van der Waals surface area contributed by atoms with Gasteiger partial charge in [-0.1, -0.05) is 11.6 Å². The summed E-state index contributed by atoms with van der Waals surface area (Å²) >= 11 is 8.55. The summed E-state index contributed by atoms with van der Waals surface area (Å²) in [5.74, 6) is -0.568. The van der Waals surface area contributed by atoms with E-state index < -0.39 is 0 Å². The summed E-state index contributed by atoms with van der Waals surface area (Å²) in [6.07, 6.45) is 0.457. The molecule has 0 saturated carbocycles. The number of hydrogen-bond donors (Lipinski definition) is 1. The standard InChI is InChI=1S/C16H13ClFN3OS2/c1-8-14(23-7-19-8)15(22)21-16-9(2)20-13(24-16)5-10-3-11(17)6-12(18)4-10/h3-4,6-7H,5H2,1-2H3,(H,21,22). The van der Waals surface area contributed by atoms with Crippen molar-refractivity contribution in [3.63, 3.8) is 0 Å². The van der Waals surface area contributed by atoms with E-state index in [1.54, 1.807) is 18.5 Å². The van der Waals surface area contributed by atoms with Crippen LogP contribution in [0, 0.1) is 19.7 Å². The van der Waals surface area contributed by atoms with Crippen LogP contribution in [0.2, 0.25) is 5.02 Å². The van der Waals surface area contributed by atoms with Gasteiger partial charge in [0.15, 0.2) is 0 Å². The summed E-state index contributed by atoms with van der Waals surface area (Å²) < 4.78 is 13.4. The molecule has 3 aromatic rings. The third-order valence-electron chi connectivity index (χ3n) is 3.30. The lowest BCUT2D eigenvalue weighted by atomic mass is 10.1. The van der Waals surface area contributed by atoms with Crippen LogP contribution in [0.1, 0.15) is 31.6 Å². The molecule has 0 bridgehead atoms. The van der Waals surface area contributed by atoms with Gasteiger partial charge in [-0.15, -0.1) is 22.7 Å². The fraction of sp³-hybridized carbons (Fsp3) is 0.188. The van der Waals surface area contributed by atoms with E-state index in [9.17, 15) is 9.18 Å². The first-order chi connectivity index (χ1) is 11.4. The van der Waals surface area contributed by atoms with Gasteiger partial charge in [-0.3, -0.25) is 4.79 Å². The highest BCUT2D eigenvalue weighted by Gasteiger charge is 2.16. The Balaban J connectivity index is 1.77. The molecular formula is C16H13ClFN3OS2. The van der Waals surface area contributed by atoms with Gasteiger partial charge in [-0.05, 0) is 37.6 Å². The van der Waals surface area contributed by atoms with E-state index in [-0.39, 0.29) is 11.7 Å². The van der Waals surface area contributed by atoms with E-state index in [4.69, 9.17) is 11.6 Å². The van der Waals surface area contributed by atoms with E-state index in [1.165, 1.54) is 34.8 Å². The van der Waals surface area contributed by atoms with Crippen molar-refractivity contribution in [1.29, 1.82) is 0 Å². The number of carbonyl (C=O) groups excluding carboxylic acids is 1. The molecule has 0 atom stereocenters. The molecule has 2 aromatic heterocycles. The predicted molar refractivity (Wildman–Crippen MR) is 95.9 cm³/mol. The van der Waals surface area contributed by atoms with E-state index in [1.807, 2.05) is 6.92 Å². The van der Waals surface area contributed by atoms with E-state index in [0.717, 1.165) is 16.3 Å². The zero-order valence-electron chi connectivity index (χ0n) is 12.9. The summed E-state index contributed by atoms with van der Waals surface area (Å²) in [5, 5.41) is 4.69. The van der Waals surface area contributed by atoms with Crippen LogP contribution in [0.5, 0.6) is 0 Å². The zero-order chi connectivity index (χ0) is 17.3. The van der Waals surface area contributed by atoms with Crippen LogP contribution >= 0.6 is 34.3 Å². The lowest BCUT2D eigenvalue weighted by molar-refractivity contribution is 0.103. The van der Waals surface area contributed by atoms with E-state index in [0.29, 0.717) is 27.0 Å². The van der Waals surface area contributed by atoms with Crippen LogP contribution < -0.4 is 5.32 Å². The Kier molecular flexibility index (Phi) is 4.93. The minimum Gasteiger partial charge on any atom is -0.311 e. The lowest BCUT2D eigenvalue weighted by Crippen LogP contribution is -2.11. The molecule has 8 heteroatoms. The maximum Gasteiger partial charge on any atom is 0.268 e. The lowest BCUT2D eigenvalue weighted by Gasteiger charge is -2.01. The van der Waals surface area contributed by atoms with Crippen LogP contribution in [-0.2, 0) is 6.42 Å². The SMILES string of the molecule is Cc1nc(Cc2cc(F)cc(Cl)c2)sc1NC(=O)c1scnc1C. The van der Waals surface area contributed by atoms with Gasteiger partial charge < -0.3 is 5.32 Å². The van der Waals surface area contributed by atoms with Gasteiger partial charge in [0.25, 0.3) is 5.91 Å². The summed E-state index contributed by atoms with van der Waals surface area (Å²) in [7, 11) is 0. The Bertz CT molecular complexity index is 886. The highest BCUT2D eigenvalue weighted by atomic mass is 35.5. The Morgan fingerprint density at radius 1 is 1.29 bits per heavy atom. The second kappa shape index (κ2) is 6.96. The van der Waals surface area contributed by atoms with Gasteiger partial charge in [0.2, 0.25) is 0 Å². The molecule has 0 aliphatic rings. The van der Waals surface area contributed by atoms with E-state index in [2.05, 4.69) is 15.3 Å². The molecule has 0 aliphatic carbocycles. The number of aryl methyl sites for hydroxylation is 2. The van der Waals surface area contributed by atoms with Crippen molar-refractivity contribution in [2.45, 2.75) is 20.3 Å². The fourth-order valence-electron chi connectivity index (χ4n) is 2.21. The van der Waals surface area contributed by atoms with Gasteiger partial charge in [-0.2, -0.15) is 0 Å². The van der Waals surface area contributed by atoms with Crippen LogP contribution in [0.3, 0.4) is 0 Å². The predicted octanol–water partition coefficient (Wildman–Crippen LogP) is 4.85. The van der Waals surface area contributed by atoms with Crippen LogP contribution in [0.25, 0.3) is 0 Å². The number of halogens is 2. The summed E-state index contributed by atoms with van der Waals surface area (Å²) in [4.78, 5) is 21.4. The Labute approximate surface area is 151 Å². The number of nitrogens with zero attached hydrogens (tertiary/aromatic N) is 2. The molecular weight excluding hydrogens is 369 g/mol. The number of benzene rings is 1. The Hall–Kier alpha value is -1.83. The molecule has 0 unspecified atom stereocenters. The van der Waals surface area contributed by atoms with Gasteiger partial charge in [0, 0.05) is 11.4 Å². The second-order valence-corrected chi connectivity index (χ2v) is 7.57. The van der Waals surface area contributed by atoms with Gasteiger partial charge >= 0.3 is 0 Å². The molecule has 1 N–H and O–H groups in total. The monoisotopic (exact) mass is 381 g/mol. The summed E-state index contributed by atoms with van der Waals surface area (Å²) in [5.41, 5.74) is 3.82. The Morgan fingerprint density at radius 3 is 2.75 bits per heavy atom. The molecule has 0 spiro atoms. The molecule has 124 valence electrons. The molecule has 4 nitrogen and oxygen atoms in total. The maximum atomic E-state index is 13.4. The van der Waals surface area contributed by atoms with Crippen LogP contribution in [0.4, 0.5) is 9.39 Å². The van der Waals surface area contributed by atoms with Crippen molar-refractivity contribution < 1.29 is 9.18 Å². The van der Waals surface area contributed by atoms with Gasteiger partial charge in [0.05, 0.1) is 21.9 Å². The first-order valence-corrected chi connectivity index (χ1v) is 9.12. The first-order valence-electron chi connectivity index (χ1n) is 7.05. The Morgan fingerprint density at radius 2 is 2.08 bits per heavy atom. The van der Waals surface area contributed by atoms with Crippen molar-refractivity contribution in [3.8, 4) is 0 Å². The molecule has 1 aromatic carbocycles. The average Bonchev–Trinajstić information content (AvgIpc) is 3.04. The first kappa shape index (κ1) is 17.0. The molecule has 3 rings (SSSR count). The quantitative estimate of drug-likeness (QED) is 0.702. The number of nitrogens with one attached hydrogen (secondary N) is 1. The molecule has 0 radical (unpaired) electrons. The third-order valence-corrected chi connectivity index (χ3v) is 5.52. The van der Waals surface area contributed by atoms with Gasteiger partial charge in [-0.25, -0.2) is 14.4 Å². The number of aromatic nitrogens is 2.